The van der Waals surface area contributed by atoms with Crippen LogP contribution in [0.25, 0.3) is 0 Å². The van der Waals surface area contributed by atoms with Crippen LogP contribution in [0.4, 0.5) is 11.5 Å². The SMILES string of the molecule is Cc1cc(C)c(Nc2cc(C(=O)NC3CCS(=O)(=O)C3)ccn2)c(Cl)c1. The zero-order chi connectivity index (χ0) is 18.9. The van der Waals surface area contributed by atoms with E-state index in [0.717, 1.165) is 16.8 Å². The number of anilines is 2. The summed E-state index contributed by atoms with van der Waals surface area (Å²) in [6.45, 7) is 3.91. The van der Waals surface area contributed by atoms with E-state index in [1.54, 1.807) is 12.1 Å². The molecular formula is C18H20ClN3O3S. The molecule has 1 aliphatic heterocycles. The molecule has 0 aliphatic carbocycles. The van der Waals surface area contributed by atoms with Crippen LogP contribution in [0.1, 0.15) is 27.9 Å². The number of hydrogen-bond acceptors (Lipinski definition) is 5. The zero-order valence-corrected chi connectivity index (χ0v) is 16.1. The van der Waals surface area contributed by atoms with E-state index < -0.39 is 9.84 Å². The lowest BCUT2D eigenvalue weighted by Crippen LogP contribution is -2.35. The highest BCUT2D eigenvalue weighted by Crippen LogP contribution is 2.29. The van der Waals surface area contributed by atoms with Crippen molar-refractivity contribution in [3.05, 3.63) is 52.2 Å². The number of nitrogens with one attached hydrogen (secondary N) is 2. The Morgan fingerprint density at radius 2 is 2.04 bits per heavy atom. The van der Waals surface area contributed by atoms with E-state index in [1.165, 1.54) is 6.20 Å². The first-order chi connectivity index (χ1) is 12.2. The number of rotatable bonds is 4. The Balaban J connectivity index is 1.75. The van der Waals surface area contributed by atoms with Gasteiger partial charge in [0, 0.05) is 17.8 Å². The van der Waals surface area contributed by atoms with Crippen LogP contribution in [0.3, 0.4) is 0 Å². The summed E-state index contributed by atoms with van der Waals surface area (Å²) in [7, 11) is -3.04. The molecule has 1 aliphatic rings. The fourth-order valence-electron chi connectivity index (χ4n) is 3.02. The van der Waals surface area contributed by atoms with E-state index >= 15 is 0 Å². The molecular weight excluding hydrogens is 374 g/mol. The Morgan fingerprint density at radius 3 is 2.69 bits per heavy atom. The molecule has 3 rings (SSSR count). The van der Waals surface area contributed by atoms with Gasteiger partial charge in [0.1, 0.15) is 5.82 Å². The van der Waals surface area contributed by atoms with E-state index in [-0.39, 0.29) is 23.5 Å². The molecule has 1 atom stereocenters. The largest absolute Gasteiger partial charge is 0.348 e. The fraction of sp³-hybridized carbons (Fsp3) is 0.333. The van der Waals surface area contributed by atoms with Gasteiger partial charge in [0.25, 0.3) is 5.91 Å². The van der Waals surface area contributed by atoms with Gasteiger partial charge in [-0.05, 0) is 49.6 Å². The van der Waals surface area contributed by atoms with Gasteiger partial charge in [-0.25, -0.2) is 13.4 Å². The maximum atomic E-state index is 12.4. The highest BCUT2D eigenvalue weighted by molar-refractivity contribution is 7.91. The van der Waals surface area contributed by atoms with E-state index in [4.69, 9.17) is 11.6 Å². The summed E-state index contributed by atoms with van der Waals surface area (Å²) < 4.78 is 23.0. The third kappa shape index (κ3) is 4.34. The summed E-state index contributed by atoms with van der Waals surface area (Å²) in [5.74, 6) is 0.286. The van der Waals surface area contributed by atoms with E-state index in [0.29, 0.717) is 22.8 Å². The molecule has 26 heavy (non-hydrogen) atoms. The van der Waals surface area contributed by atoms with Crippen LogP contribution in [0.15, 0.2) is 30.5 Å². The van der Waals surface area contributed by atoms with Crippen molar-refractivity contribution in [2.45, 2.75) is 26.3 Å². The number of halogens is 1. The lowest BCUT2D eigenvalue weighted by Gasteiger charge is -2.14. The molecule has 1 aromatic heterocycles. The van der Waals surface area contributed by atoms with Gasteiger partial charge < -0.3 is 10.6 Å². The summed E-state index contributed by atoms with van der Waals surface area (Å²) in [6.07, 6.45) is 1.97. The zero-order valence-electron chi connectivity index (χ0n) is 14.5. The van der Waals surface area contributed by atoms with Crippen molar-refractivity contribution in [1.82, 2.24) is 10.3 Å². The van der Waals surface area contributed by atoms with Gasteiger partial charge in [0.2, 0.25) is 0 Å². The van der Waals surface area contributed by atoms with Crippen LogP contribution in [0.2, 0.25) is 5.02 Å². The monoisotopic (exact) mass is 393 g/mol. The minimum atomic E-state index is -3.04. The summed E-state index contributed by atoms with van der Waals surface area (Å²) in [4.78, 5) is 16.6. The Kier molecular flexibility index (Phi) is 5.20. The molecule has 8 heteroatoms. The lowest BCUT2D eigenvalue weighted by molar-refractivity contribution is 0.0941. The van der Waals surface area contributed by atoms with Crippen LogP contribution in [0, 0.1) is 13.8 Å². The standard InChI is InChI=1S/C18H20ClN3O3S/c1-11-7-12(2)17(15(19)8-11)22-16-9-13(3-5-20-16)18(23)21-14-4-6-26(24,25)10-14/h3,5,7-9,14H,4,6,10H2,1-2H3,(H,20,22)(H,21,23). The Hall–Kier alpha value is -2.12. The third-order valence-electron chi connectivity index (χ3n) is 4.27. The van der Waals surface area contributed by atoms with Crippen molar-refractivity contribution in [2.24, 2.45) is 0 Å². The first-order valence-electron chi connectivity index (χ1n) is 8.24. The number of sulfone groups is 1. The molecule has 1 unspecified atom stereocenters. The van der Waals surface area contributed by atoms with Crippen LogP contribution >= 0.6 is 11.6 Å². The number of pyridine rings is 1. The molecule has 0 spiro atoms. The average molecular weight is 394 g/mol. The van der Waals surface area contributed by atoms with Gasteiger partial charge >= 0.3 is 0 Å². The Bertz CT molecular complexity index is 937. The number of carbonyl (C=O) groups is 1. The Morgan fingerprint density at radius 1 is 1.27 bits per heavy atom. The number of carbonyl (C=O) groups excluding carboxylic acids is 1. The number of benzene rings is 1. The minimum Gasteiger partial charge on any atom is -0.348 e. The highest BCUT2D eigenvalue weighted by Gasteiger charge is 2.29. The van der Waals surface area contributed by atoms with Crippen LogP contribution in [-0.4, -0.2) is 36.9 Å². The molecule has 0 saturated carbocycles. The maximum Gasteiger partial charge on any atom is 0.251 e. The average Bonchev–Trinajstić information content (AvgIpc) is 2.90. The van der Waals surface area contributed by atoms with Crippen molar-refractivity contribution < 1.29 is 13.2 Å². The molecule has 0 bridgehead atoms. The smallest absolute Gasteiger partial charge is 0.251 e. The molecule has 6 nitrogen and oxygen atoms in total. The number of nitrogens with zero attached hydrogens (tertiary/aromatic N) is 1. The summed E-state index contributed by atoms with van der Waals surface area (Å²) in [5, 5.41) is 6.50. The summed E-state index contributed by atoms with van der Waals surface area (Å²) in [5.41, 5.74) is 3.19. The molecule has 1 amide bonds. The van der Waals surface area contributed by atoms with Crippen LogP contribution in [0.5, 0.6) is 0 Å². The van der Waals surface area contributed by atoms with Gasteiger partial charge in [0.15, 0.2) is 9.84 Å². The highest BCUT2D eigenvalue weighted by atomic mass is 35.5. The molecule has 1 saturated heterocycles. The van der Waals surface area contributed by atoms with Crippen molar-refractivity contribution in [3.63, 3.8) is 0 Å². The molecule has 2 aromatic rings. The minimum absolute atomic E-state index is 0.00685. The van der Waals surface area contributed by atoms with Crippen molar-refractivity contribution >= 4 is 38.9 Å². The van der Waals surface area contributed by atoms with Gasteiger partial charge in [-0.2, -0.15) is 0 Å². The predicted molar refractivity (Wildman–Crippen MR) is 103 cm³/mol. The molecule has 1 aromatic carbocycles. The molecule has 0 radical (unpaired) electrons. The number of aryl methyl sites for hydroxylation is 2. The number of hydrogen-bond donors (Lipinski definition) is 2. The Labute approximate surface area is 157 Å². The van der Waals surface area contributed by atoms with Gasteiger partial charge in [-0.15, -0.1) is 0 Å². The van der Waals surface area contributed by atoms with Crippen LogP contribution in [-0.2, 0) is 9.84 Å². The van der Waals surface area contributed by atoms with Crippen LogP contribution < -0.4 is 10.6 Å². The van der Waals surface area contributed by atoms with Gasteiger partial charge in [-0.1, -0.05) is 17.7 Å². The second kappa shape index (κ2) is 7.25. The molecule has 2 N–H and O–H groups in total. The van der Waals surface area contributed by atoms with Crippen molar-refractivity contribution in [2.75, 3.05) is 16.8 Å². The quantitative estimate of drug-likeness (QED) is 0.833. The normalized spacial score (nSPS) is 18.5. The first kappa shape index (κ1) is 18.7. The van der Waals surface area contributed by atoms with E-state index in [2.05, 4.69) is 15.6 Å². The number of amides is 1. The molecule has 138 valence electrons. The van der Waals surface area contributed by atoms with Gasteiger partial charge in [-0.3, -0.25) is 4.79 Å². The van der Waals surface area contributed by atoms with E-state index in [1.807, 2.05) is 26.0 Å². The summed E-state index contributed by atoms with van der Waals surface area (Å²) in [6, 6.07) is 6.73. The first-order valence-corrected chi connectivity index (χ1v) is 10.4. The topological polar surface area (TPSA) is 88.2 Å². The lowest BCUT2D eigenvalue weighted by atomic mass is 10.1. The van der Waals surface area contributed by atoms with E-state index in [9.17, 15) is 13.2 Å². The predicted octanol–water partition coefficient (Wildman–Crippen LogP) is 3.01. The van der Waals surface area contributed by atoms with Crippen molar-refractivity contribution in [3.8, 4) is 0 Å². The molecule has 1 fully saturated rings. The van der Waals surface area contributed by atoms with Crippen molar-refractivity contribution in [1.29, 1.82) is 0 Å². The second-order valence-electron chi connectivity index (χ2n) is 6.57. The molecule has 2 heterocycles. The van der Waals surface area contributed by atoms with Gasteiger partial charge in [0.05, 0.1) is 22.2 Å². The fourth-order valence-corrected chi connectivity index (χ4v) is 5.06. The number of aromatic nitrogens is 1. The third-order valence-corrected chi connectivity index (χ3v) is 6.34. The second-order valence-corrected chi connectivity index (χ2v) is 9.20. The summed E-state index contributed by atoms with van der Waals surface area (Å²) >= 11 is 6.30. The maximum absolute atomic E-state index is 12.4.